The van der Waals surface area contributed by atoms with Gasteiger partial charge in [0.1, 0.15) is 4.21 Å². The largest absolute Gasteiger partial charge is 0.300 e. The van der Waals surface area contributed by atoms with Gasteiger partial charge in [-0.2, -0.15) is 4.31 Å². The third-order valence-electron chi connectivity index (χ3n) is 4.01. The number of halogens is 1. The van der Waals surface area contributed by atoms with Gasteiger partial charge >= 0.3 is 0 Å². The molecule has 9 heteroatoms. The van der Waals surface area contributed by atoms with Crippen molar-refractivity contribution in [2.45, 2.75) is 42.9 Å². The minimum absolute atomic E-state index is 0.0660. The standard InChI is InChI=1S/C12H17ClN2O4S2/c1-8-5-3-4-6-9(8)14(2)21(18,19)11-7-10(15(16)17)12(13)20-11/h7-9H,3-6H2,1-2H3. The van der Waals surface area contributed by atoms with E-state index in [9.17, 15) is 18.5 Å². The second-order valence-electron chi connectivity index (χ2n) is 5.33. The minimum atomic E-state index is -3.74. The molecule has 0 spiro atoms. The van der Waals surface area contributed by atoms with Crippen LogP contribution in [0.1, 0.15) is 32.6 Å². The maximum atomic E-state index is 12.6. The molecule has 6 nitrogen and oxygen atoms in total. The average Bonchev–Trinajstić information content (AvgIpc) is 2.81. The van der Waals surface area contributed by atoms with Gasteiger partial charge in [0.15, 0.2) is 4.34 Å². The van der Waals surface area contributed by atoms with Crippen LogP contribution in [-0.4, -0.2) is 30.7 Å². The fraction of sp³-hybridized carbons (Fsp3) is 0.667. The van der Waals surface area contributed by atoms with E-state index in [1.165, 1.54) is 4.31 Å². The molecule has 0 aliphatic heterocycles. The molecule has 1 aromatic heterocycles. The number of hydrogen-bond acceptors (Lipinski definition) is 5. The Bertz CT molecular complexity index is 644. The number of hydrogen-bond donors (Lipinski definition) is 0. The van der Waals surface area contributed by atoms with Crippen molar-refractivity contribution < 1.29 is 13.3 Å². The highest BCUT2D eigenvalue weighted by molar-refractivity contribution is 7.91. The van der Waals surface area contributed by atoms with E-state index in [4.69, 9.17) is 11.6 Å². The molecule has 118 valence electrons. The number of nitro groups is 1. The van der Waals surface area contributed by atoms with Crippen molar-refractivity contribution in [2.75, 3.05) is 7.05 Å². The van der Waals surface area contributed by atoms with E-state index in [-0.39, 0.29) is 26.2 Å². The summed E-state index contributed by atoms with van der Waals surface area (Å²) < 4.78 is 26.4. The molecule has 2 unspecified atom stereocenters. The summed E-state index contributed by atoms with van der Waals surface area (Å²) in [5.74, 6) is 0.281. The maximum absolute atomic E-state index is 12.6. The molecular weight excluding hydrogens is 336 g/mol. The van der Waals surface area contributed by atoms with Gasteiger partial charge in [-0.15, -0.1) is 11.3 Å². The molecule has 21 heavy (non-hydrogen) atoms. The summed E-state index contributed by atoms with van der Waals surface area (Å²) in [5.41, 5.74) is -0.356. The lowest BCUT2D eigenvalue weighted by molar-refractivity contribution is -0.384. The first-order chi connectivity index (χ1) is 9.75. The molecule has 0 radical (unpaired) electrons. The second kappa shape index (κ2) is 6.20. The van der Waals surface area contributed by atoms with E-state index < -0.39 is 14.9 Å². The quantitative estimate of drug-likeness (QED) is 0.613. The molecule has 0 aromatic carbocycles. The summed E-state index contributed by atoms with van der Waals surface area (Å²) in [7, 11) is -2.20. The molecule has 1 heterocycles. The first-order valence-electron chi connectivity index (χ1n) is 6.67. The zero-order valence-electron chi connectivity index (χ0n) is 11.8. The van der Waals surface area contributed by atoms with E-state index in [0.717, 1.165) is 43.1 Å². The molecule has 1 saturated carbocycles. The molecular formula is C12H17ClN2O4S2. The highest BCUT2D eigenvalue weighted by atomic mass is 35.5. The molecule has 1 aliphatic rings. The Balaban J connectivity index is 2.32. The van der Waals surface area contributed by atoms with Gasteiger partial charge < -0.3 is 0 Å². The van der Waals surface area contributed by atoms with Crippen LogP contribution in [-0.2, 0) is 10.0 Å². The number of nitrogens with zero attached hydrogens (tertiary/aromatic N) is 2. The van der Waals surface area contributed by atoms with E-state index in [2.05, 4.69) is 0 Å². The van der Waals surface area contributed by atoms with Crippen molar-refractivity contribution in [3.63, 3.8) is 0 Å². The van der Waals surface area contributed by atoms with Crippen molar-refractivity contribution in [1.29, 1.82) is 0 Å². The highest BCUT2D eigenvalue weighted by Crippen LogP contribution is 2.39. The Labute approximate surface area is 132 Å². The predicted octanol–water partition coefficient (Wildman–Crippen LogP) is 3.51. The first-order valence-corrected chi connectivity index (χ1v) is 9.30. The molecule has 1 aromatic rings. The number of rotatable bonds is 4. The van der Waals surface area contributed by atoms with Gasteiger partial charge in [0, 0.05) is 19.2 Å². The Morgan fingerprint density at radius 1 is 1.43 bits per heavy atom. The molecule has 1 fully saturated rings. The SMILES string of the molecule is CC1CCCCC1N(C)S(=O)(=O)c1cc([N+](=O)[O-])c(Cl)s1. The van der Waals surface area contributed by atoms with E-state index >= 15 is 0 Å². The van der Waals surface area contributed by atoms with Crippen molar-refractivity contribution in [3.05, 3.63) is 20.5 Å². The molecule has 1 aliphatic carbocycles. The van der Waals surface area contributed by atoms with Gasteiger partial charge in [0.2, 0.25) is 0 Å². The van der Waals surface area contributed by atoms with Gasteiger partial charge in [0.25, 0.3) is 15.7 Å². The summed E-state index contributed by atoms with van der Waals surface area (Å²) in [6.07, 6.45) is 3.93. The molecule has 0 saturated heterocycles. The van der Waals surface area contributed by atoms with Gasteiger partial charge in [-0.25, -0.2) is 8.42 Å². The van der Waals surface area contributed by atoms with Crippen LogP contribution in [0.15, 0.2) is 10.3 Å². The second-order valence-corrected chi connectivity index (χ2v) is 9.21. The lowest BCUT2D eigenvalue weighted by Crippen LogP contribution is -2.42. The number of sulfonamides is 1. The lowest BCUT2D eigenvalue weighted by Gasteiger charge is -2.35. The van der Waals surface area contributed by atoms with Crippen molar-refractivity contribution in [2.24, 2.45) is 5.92 Å². The zero-order chi connectivity index (χ0) is 15.8. The van der Waals surface area contributed by atoms with Crippen LogP contribution in [0.3, 0.4) is 0 Å². The summed E-state index contributed by atoms with van der Waals surface area (Å²) in [5, 5.41) is 10.8. The van der Waals surface area contributed by atoms with Crippen molar-refractivity contribution >= 4 is 38.6 Å². The Morgan fingerprint density at radius 2 is 2.05 bits per heavy atom. The Morgan fingerprint density at radius 3 is 2.57 bits per heavy atom. The summed E-state index contributed by atoms with van der Waals surface area (Å²) in [6, 6.07) is 0.982. The zero-order valence-corrected chi connectivity index (χ0v) is 14.2. The third kappa shape index (κ3) is 3.23. The molecule has 0 bridgehead atoms. The predicted molar refractivity (Wildman–Crippen MR) is 82.4 cm³/mol. The third-order valence-corrected chi connectivity index (χ3v) is 7.68. The first kappa shape index (κ1) is 16.7. The summed E-state index contributed by atoms with van der Waals surface area (Å²) in [6.45, 7) is 2.04. The Kier molecular flexibility index (Phi) is 4.92. The van der Waals surface area contributed by atoms with Gasteiger partial charge in [-0.05, 0) is 18.8 Å². The van der Waals surface area contributed by atoms with Crippen LogP contribution >= 0.6 is 22.9 Å². The smallest absolute Gasteiger partial charge is 0.258 e. The van der Waals surface area contributed by atoms with Crippen LogP contribution in [0.5, 0.6) is 0 Å². The molecule has 2 atom stereocenters. The minimum Gasteiger partial charge on any atom is -0.258 e. The van der Waals surface area contributed by atoms with Crippen LogP contribution in [0, 0.1) is 16.0 Å². The monoisotopic (exact) mass is 352 g/mol. The topological polar surface area (TPSA) is 80.5 Å². The molecule has 2 rings (SSSR count). The molecule has 0 amide bonds. The van der Waals surface area contributed by atoms with Crippen molar-refractivity contribution in [1.82, 2.24) is 4.31 Å². The molecule has 0 N–H and O–H groups in total. The van der Waals surface area contributed by atoms with Crippen LogP contribution in [0.2, 0.25) is 4.34 Å². The highest BCUT2D eigenvalue weighted by Gasteiger charge is 2.35. The van der Waals surface area contributed by atoms with E-state index in [1.807, 2.05) is 6.92 Å². The van der Waals surface area contributed by atoms with Gasteiger partial charge in [0.05, 0.1) is 4.92 Å². The fourth-order valence-electron chi connectivity index (χ4n) is 2.75. The van der Waals surface area contributed by atoms with Gasteiger partial charge in [-0.1, -0.05) is 31.4 Å². The average molecular weight is 353 g/mol. The van der Waals surface area contributed by atoms with Crippen LogP contribution in [0.25, 0.3) is 0 Å². The van der Waals surface area contributed by atoms with Crippen LogP contribution in [0.4, 0.5) is 5.69 Å². The normalized spacial score (nSPS) is 23.4. The van der Waals surface area contributed by atoms with E-state index in [0.29, 0.717) is 0 Å². The summed E-state index contributed by atoms with van der Waals surface area (Å²) in [4.78, 5) is 10.1. The maximum Gasteiger partial charge on any atom is 0.300 e. The Hall–Kier alpha value is -0.700. The van der Waals surface area contributed by atoms with Gasteiger partial charge in [-0.3, -0.25) is 10.1 Å². The van der Waals surface area contributed by atoms with Crippen molar-refractivity contribution in [3.8, 4) is 0 Å². The van der Waals surface area contributed by atoms with Crippen LogP contribution < -0.4 is 0 Å². The summed E-state index contributed by atoms with van der Waals surface area (Å²) >= 11 is 6.50. The van der Waals surface area contributed by atoms with E-state index in [1.54, 1.807) is 7.05 Å². The lowest BCUT2D eigenvalue weighted by atomic mass is 9.86. The number of thiophene rings is 1. The fourth-order valence-corrected chi connectivity index (χ4v) is 6.08.